The van der Waals surface area contributed by atoms with Crippen LogP contribution in [-0.2, 0) is 28.6 Å². The molecule has 0 aromatic carbocycles. The molecule has 0 heterocycles. The van der Waals surface area contributed by atoms with Crippen molar-refractivity contribution < 1.29 is 28.6 Å². The van der Waals surface area contributed by atoms with Gasteiger partial charge >= 0.3 is 17.9 Å². The topological polar surface area (TPSA) is 78.9 Å². The first kappa shape index (κ1) is 25.4. The van der Waals surface area contributed by atoms with E-state index in [0.29, 0.717) is 13.0 Å². The fourth-order valence-electron chi connectivity index (χ4n) is 2.99. The van der Waals surface area contributed by atoms with Crippen LogP contribution < -0.4 is 0 Å². The predicted molar refractivity (Wildman–Crippen MR) is 104 cm³/mol. The summed E-state index contributed by atoms with van der Waals surface area (Å²) < 4.78 is 14.9. The van der Waals surface area contributed by atoms with Gasteiger partial charge in [-0.2, -0.15) is 0 Å². The van der Waals surface area contributed by atoms with E-state index in [4.69, 9.17) is 9.47 Å². The number of unbranched alkanes of at least 4 members (excludes halogenated alkanes) is 8. The molecular weight excluding hydrogens is 348 g/mol. The van der Waals surface area contributed by atoms with Crippen LogP contribution >= 0.6 is 0 Å². The van der Waals surface area contributed by atoms with Gasteiger partial charge in [0.15, 0.2) is 0 Å². The molecule has 6 heteroatoms. The summed E-state index contributed by atoms with van der Waals surface area (Å²) in [6, 6.07) is 0. The highest BCUT2D eigenvalue weighted by molar-refractivity contribution is 5.69. The molecule has 0 N–H and O–H groups in total. The number of methoxy groups -OCH3 is 1. The van der Waals surface area contributed by atoms with Gasteiger partial charge in [0.2, 0.25) is 0 Å². The third kappa shape index (κ3) is 19.0. The molecule has 158 valence electrons. The van der Waals surface area contributed by atoms with E-state index in [1.54, 1.807) is 0 Å². The lowest BCUT2D eigenvalue weighted by molar-refractivity contribution is -0.147. The monoisotopic (exact) mass is 386 g/mol. The number of carbonyl (C=O) groups excluding carboxylic acids is 3. The largest absolute Gasteiger partial charge is 0.469 e. The molecule has 0 fully saturated rings. The molecule has 0 spiro atoms. The highest BCUT2D eigenvalue weighted by atomic mass is 16.5. The Morgan fingerprint density at radius 1 is 0.704 bits per heavy atom. The first-order valence-electron chi connectivity index (χ1n) is 10.3. The van der Waals surface area contributed by atoms with E-state index in [-0.39, 0.29) is 24.0 Å². The van der Waals surface area contributed by atoms with Crippen LogP contribution in [0.1, 0.15) is 97.3 Å². The summed E-state index contributed by atoms with van der Waals surface area (Å²) >= 11 is 0. The first-order valence-corrected chi connectivity index (χ1v) is 10.3. The maximum atomic E-state index is 11.3. The molecule has 0 saturated heterocycles. The molecular formula is C21H38O6. The molecule has 0 amide bonds. The predicted octanol–water partition coefficient (Wildman–Crippen LogP) is 4.73. The van der Waals surface area contributed by atoms with Crippen molar-refractivity contribution in [2.24, 2.45) is 0 Å². The minimum Gasteiger partial charge on any atom is -0.469 e. The Hall–Kier alpha value is -1.59. The van der Waals surface area contributed by atoms with E-state index in [9.17, 15) is 14.4 Å². The zero-order chi connectivity index (χ0) is 20.3. The number of hydrogen-bond donors (Lipinski definition) is 0. The van der Waals surface area contributed by atoms with Gasteiger partial charge in [-0.3, -0.25) is 14.4 Å². The molecule has 1 atom stereocenters. The van der Waals surface area contributed by atoms with Crippen molar-refractivity contribution in [3.63, 3.8) is 0 Å². The van der Waals surface area contributed by atoms with Gasteiger partial charge in [0, 0.05) is 20.3 Å². The Balaban J connectivity index is 3.66. The van der Waals surface area contributed by atoms with Gasteiger partial charge in [-0.1, -0.05) is 38.5 Å². The average Bonchev–Trinajstić information content (AvgIpc) is 2.61. The number of ether oxygens (including phenoxy) is 3. The summed E-state index contributed by atoms with van der Waals surface area (Å²) in [5.41, 5.74) is 0. The summed E-state index contributed by atoms with van der Waals surface area (Å²) in [7, 11) is 1.40. The lowest BCUT2D eigenvalue weighted by Crippen LogP contribution is -2.16. The summed E-state index contributed by atoms with van der Waals surface area (Å²) in [6.45, 7) is 3.42. The minimum absolute atomic E-state index is 0.00986. The summed E-state index contributed by atoms with van der Waals surface area (Å²) in [5.74, 6) is -0.596. The molecule has 0 bridgehead atoms. The molecule has 6 nitrogen and oxygen atoms in total. The van der Waals surface area contributed by atoms with Crippen molar-refractivity contribution >= 4 is 17.9 Å². The molecule has 0 aromatic rings. The van der Waals surface area contributed by atoms with E-state index in [0.717, 1.165) is 64.2 Å². The van der Waals surface area contributed by atoms with Crippen LogP contribution in [0.4, 0.5) is 0 Å². The van der Waals surface area contributed by atoms with Crippen molar-refractivity contribution in [1.82, 2.24) is 0 Å². The zero-order valence-electron chi connectivity index (χ0n) is 17.4. The van der Waals surface area contributed by atoms with Crippen molar-refractivity contribution in [2.45, 2.75) is 103 Å². The van der Waals surface area contributed by atoms with Crippen LogP contribution in [-0.4, -0.2) is 37.7 Å². The smallest absolute Gasteiger partial charge is 0.305 e. The second kappa shape index (κ2) is 17.8. The number of hydrogen-bond acceptors (Lipinski definition) is 6. The Bertz CT molecular complexity index is 407. The second-order valence-corrected chi connectivity index (χ2v) is 7.01. The Morgan fingerprint density at radius 2 is 1.22 bits per heavy atom. The van der Waals surface area contributed by atoms with Crippen LogP contribution in [0.2, 0.25) is 0 Å². The Morgan fingerprint density at radius 3 is 1.74 bits per heavy atom. The molecule has 0 aliphatic heterocycles. The van der Waals surface area contributed by atoms with Crippen molar-refractivity contribution in [3.05, 3.63) is 0 Å². The molecule has 27 heavy (non-hydrogen) atoms. The first-order chi connectivity index (χ1) is 13.0. The normalized spacial score (nSPS) is 11.7. The minimum atomic E-state index is -0.220. The van der Waals surface area contributed by atoms with Gasteiger partial charge in [-0.25, -0.2) is 0 Å². The molecule has 0 radical (unpaired) electrons. The lowest BCUT2D eigenvalue weighted by atomic mass is 10.0. The fourth-order valence-corrected chi connectivity index (χ4v) is 2.99. The standard InChI is InChI=1S/C21H38O6/c1-18(22)26-17-13-8-6-4-5-7-10-14-20(27-19(2)23)15-11-9-12-16-21(24)25-3/h20H,4-17H2,1-3H3. The summed E-state index contributed by atoms with van der Waals surface area (Å²) in [4.78, 5) is 33.0. The lowest BCUT2D eigenvalue weighted by Gasteiger charge is -2.17. The van der Waals surface area contributed by atoms with Gasteiger partial charge in [0.25, 0.3) is 0 Å². The number of carbonyl (C=O) groups is 3. The highest BCUT2D eigenvalue weighted by Gasteiger charge is 2.11. The zero-order valence-corrected chi connectivity index (χ0v) is 17.4. The van der Waals surface area contributed by atoms with Crippen LogP contribution in [0.3, 0.4) is 0 Å². The van der Waals surface area contributed by atoms with E-state index in [2.05, 4.69) is 4.74 Å². The second-order valence-electron chi connectivity index (χ2n) is 7.01. The molecule has 0 aromatic heterocycles. The van der Waals surface area contributed by atoms with Crippen LogP contribution in [0, 0.1) is 0 Å². The third-order valence-corrected chi connectivity index (χ3v) is 4.44. The third-order valence-electron chi connectivity index (χ3n) is 4.44. The van der Waals surface area contributed by atoms with Gasteiger partial charge < -0.3 is 14.2 Å². The fraction of sp³-hybridized carbons (Fsp3) is 0.857. The highest BCUT2D eigenvalue weighted by Crippen LogP contribution is 2.16. The van der Waals surface area contributed by atoms with Crippen LogP contribution in [0.15, 0.2) is 0 Å². The van der Waals surface area contributed by atoms with Crippen molar-refractivity contribution in [3.8, 4) is 0 Å². The van der Waals surface area contributed by atoms with Crippen molar-refractivity contribution in [1.29, 1.82) is 0 Å². The van der Waals surface area contributed by atoms with Crippen LogP contribution in [0.5, 0.6) is 0 Å². The SMILES string of the molecule is COC(=O)CCCCCC(CCCCCCCCCOC(C)=O)OC(C)=O. The summed E-state index contributed by atoms with van der Waals surface area (Å²) in [6.07, 6.45) is 12.7. The number of rotatable bonds is 17. The quantitative estimate of drug-likeness (QED) is 0.204. The van der Waals surface area contributed by atoms with Gasteiger partial charge in [0.05, 0.1) is 13.7 Å². The van der Waals surface area contributed by atoms with E-state index in [1.807, 2.05) is 0 Å². The number of esters is 3. The maximum absolute atomic E-state index is 11.3. The molecule has 0 saturated carbocycles. The Labute approximate surface area is 164 Å². The van der Waals surface area contributed by atoms with E-state index in [1.165, 1.54) is 33.8 Å². The summed E-state index contributed by atoms with van der Waals surface area (Å²) in [5, 5.41) is 0. The van der Waals surface area contributed by atoms with Gasteiger partial charge in [-0.05, 0) is 38.5 Å². The van der Waals surface area contributed by atoms with E-state index < -0.39 is 0 Å². The Kier molecular flexibility index (Phi) is 16.8. The molecule has 0 aliphatic rings. The molecule has 0 aliphatic carbocycles. The average molecular weight is 387 g/mol. The molecule has 1 unspecified atom stereocenters. The van der Waals surface area contributed by atoms with Gasteiger partial charge in [0.1, 0.15) is 6.10 Å². The molecule has 0 rings (SSSR count). The van der Waals surface area contributed by atoms with Gasteiger partial charge in [-0.15, -0.1) is 0 Å². The van der Waals surface area contributed by atoms with Crippen LogP contribution in [0.25, 0.3) is 0 Å². The maximum Gasteiger partial charge on any atom is 0.305 e. The van der Waals surface area contributed by atoms with E-state index >= 15 is 0 Å². The van der Waals surface area contributed by atoms with Crippen molar-refractivity contribution in [2.75, 3.05) is 13.7 Å².